The van der Waals surface area contributed by atoms with E-state index in [9.17, 15) is 0 Å². The fourth-order valence-electron chi connectivity index (χ4n) is 0.446. The number of hydrogen-bond acceptors (Lipinski definition) is 1. The molecular formula is C8H13N. The maximum Gasteiger partial charge on any atom is 0.0498 e. The highest BCUT2D eigenvalue weighted by Crippen LogP contribution is 1.95. The van der Waals surface area contributed by atoms with Crippen LogP contribution in [0.25, 0.3) is 0 Å². The number of nitrogens with zero attached hydrogens (tertiary/aromatic N) is 1. The molecule has 0 aromatic carbocycles. The largest absolute Gasteiger partial charge is 0.298 e. The van der Waals surface area contributed by atoms with Gasteiger partial charge in [-0.1, -0.05) is 24.8 Å². The summed E-state index contributed by atoms with van der Waals surface area (Å²) in [5, 5.41) is 0. The van der Waals surface area contributed by atoms with Crippen LogP contribution in [-0.4, -0.2) is 12.8 Å². The summed E-state index contributed by atoms with van der Waals surface area (Å²) in [7, 11) is 0. The first-order chi connectivity index (χ1) is 4.31. The van der Waals surface area contributed by atoms with Gasteiger partial charge >= 0.3 is 0 Å². The summed E-state index contributed by atoms with van der Waals surface area (Å²) < 4.78 is 0. The Hall–Kier alpha value is -0.850. The molecule has 0 bridgehead atoms. The lowest BCUT2D eigenvalue weighted by atomic mass is 10.2. The molecule has 0 fully saturated rings. The van der Waals surface area contributed by atoms with E-state index in [4.69, 9.17) is 0 Å². The highest BCUT2D eigenvalue weighted by molar-refractivity contribution is 5.24. The van der Waals surface area contributed by atoms with E-state index >= 15 is 0 Å². The molecule has 0 N–H and O–H groups in total. The molecule has 0 saturated heterocycles. The van der Waals surface area contributed by atoms with E-state index in [0.717, 1.165) is 6.42 Å². The summed E-state index contributed by atoms with van der Waals surface area (Å²) in [6, 6.07) is 0.334. The predicted molar refractivity (Wildman–Crippen MR) is 43.0 cm³/mol. The molecule has 0 aliphatic heterocycles. The van der Waals surface area contributed by atoms with Crippen LogP contribution in [-0.2, 0) is 0 Å². The Morgan fingerprint density at radius 1 is 1.67 bits per heavy atom. The normalized spacial score (nSPS) is 13.4. The van der Waals surface area contributed by atoms with Crippen molar-refractivity contribution in [1.82, 2.24) is 0 Å². The first-order valence-electron chi connectivity index (χ1n) is 3.04. The zero-order valence-corrected chi connectivity index (χ0v) is 5.88. The van der Waals surface area contributed by atoms with E-state index in [1.54, 1.807) is 6.08 Å². The van der Waals surface area contributed by atoms with E-state index in [1.807, 2.05) is 19.1 Å². The fraction of sp³-hybridized carbons (Fsp3) is 0.375. The van der Waals surface area contributed by atoms with Gasteiger partial charge in [0.05, 0.1) is 0 Å². The van der Waals surface area contributed by atoms with Gasteiger partial charge in [0, 0.05) is 6.04 Å². The average molecular weight is 123 g/mol. The third kappa shape index (κ3) is 5.01. The SMILES string of the molecule is C=CC=CCC(C)N=C. The third-order valence-electron chi connectivity index (χ3n) is 1.06. The number of hydrogen-bond donors (Lipinski definition) is 0. The average Bonchev–Trinajstić information content (AvgIpc) is 1.89. The fourth-order valence-corrected chi connectivity index (χ4v) is 0.446. The molecule has 0 amide bonds. The number of allylic oxidation sites excluding steroid dienone is 2. The summed E-state index contributed by atoms with van der Waals surface area (Å²) in [6.07, 6.45) is 6.67. The molecule has 0 aromatic heterocycles. The van der Waals surface area contributed by atoms with Crippen molar-refractivity contribution in [3.05, 3.63) is 24.8 Å². The van der Waals surface area contributed by atoms with Crippen molar-refractivity contribution < 1.29 is 0 Å². The molecule has 1 heteroatoms. The van der Waals surface area contributed by atoms with E-state index < -0.39 is 0 Å². The van der Waals surface area contributed by atoms with Crippen molar-refractivity contribution in [3.63, 3.8) is 0 Å². The molecule has 0 rings (SSSR count). The molecule has 0 heterocycles. The smallest absolute Gasteiger partial charge is 0.0498 e. The van der Waals surface area contributed by atoms with Gasteiger partial charge in [-0.25, -0.2) is 0 Å². The molecule has 0 radical (unpaired) electrons. The molecule has 1 atom stereocenters. The van der Waals surface area contributed by atoms with Crippen molar-refractivity contribution >= 4 is 6.72 Å². The molecule has 0 aromatic rings. The van der Waals surface area contributed by atoms with Crippen LogP contribution in [0.1, 0.15) is 13.3 Å². The second-order valence-corrected chi connectivity index (χ2v) is 1.93. The lowest BCUT2D eigenvalue weighted by molar-refractivity contribution is 0.766. The molecule has 0 aliphatic rings. The first kappa shape index (κ1) is 8.15. The first-order valence-corrected chi connectivity index (χ1v) is 3.04. The van der Waals surface area contributed by atoms with Gasteiger partial charge in [0.15, 0.2) is 0 Å². The van der Waals surface area contributed by atoms with Gasteiger partial charge < -0.3 is 0 Å². The lowest BCUT2D eigenvalue weighted by Crippen LogP contribution is -1.92. The third-order valence-corrected chi connectivity index (χ3v) is 1.06. The summed E-state index contributed by atoms with van der Waals surface area (Å²) in [5.74, 6) is 0. The van der Waals surface area contributed by atoms with Gasteiger partial charge in [0.1, 0.15) is 0 Å². The molecular weight excluding hydrogens is 110 g/mol. The van der Waals surface area contributed by atoms with Crippen LogP contribution in [0.4, 0.5) is 0 Å². The highest BCUT2D eigenvalue weighted by Gasteiger charge is 1.88. The zero-order valence-electron chi connectivity index (χ0n) is 5.88. The van der Waals surface area contributed by atoms with Gasteiger partial charge in [0.25, 0.3) is 0 Å². The van der Waals surface area contributed by atoms with Crippen LogP contribution < -0.4 is 0 Å². The quantitative estimate of drug-likeness (QED) is 0.401. The van der Waals surface area contributed by atoms with Crippen LogP contribution in [0.2, 0.25) is 0 Å². The number of aliphatic imine (C=N–C) groups is 1. The minimum atomic E-state index is 0.334. The molecule has 0 saturated carbocycles. The molecule has 1 unspecified atom stereocenters. The van der Waals surface area contributed by atoms with Crippen molar-refractivity contribution in [1.29, 1.82) is 0 Å². The van der Waals surface area contributed by atoms with Crippen LogP contribution in [0, 0.1) is 0 Å². The van der Waals surface area contributed by atoms with Gasteiger partial charge in [-0.2, -0.15) is 0 Å². The van der Waals surface area contributed by atoms with E-state index in [1.165, 1.54) is 0 Å². The van der Waals surface area contributed by atoms with Gasteiger partial charge in [-0.05, 0) is 20.1 Å². The van der Waals surface area contributed by atoms with Crippen LogP contribution >= 0.6 is 0 Å². The Morgan fingerprint density at radius 2 is 2.33 bits per heavy atom. The highest BCUT2D eigenvalue weighted by atomic mass is 14.7. The summed E-state index contributed by atoms with van der Waals surface area (Å²) in [5.41, 5.74) is 0. The van der Waals surface area contributed by atoms with Crippen molar-refractivity contribution in [2.45, 2.75) is 19.4 Å². The Labute approximate surface area is 56.8 Å². The summed E-state index contributed by atoms with van der Waals surface area (Å²) in [4.78, 5) is 3.82. The molecule has 0 aliphatic carbocycles. The predicted octanol–water partition coefficient (Wildman–Crippen LogP) is 2.21. The van der Waals surface area contributed by atoms with Crippen molar-refractivity contribution in [3.8, 4) is 0 Å². The monoisotopic (exact) mass is 123 g/mol. The minimum Gasteiger partial charge on any atom is -0.298 e. The second-order valence-electron chi connectivity index (χ2n) is 1.93. The molecule has 0 spiro atoms. The Kier molecular flexibility index (Phi) is 4.79. The summed E-state index contributed by atoms with van der Waals surface area (Å²) in [6.45, 7) is 9.01. The van der Waals surface area contributed by atoms with Crippen LogP contribution in [0.5, 0.6) is 0 Å². The summed E-state index contributed by atoms with van der Waals surface area (Å²) >= 11 is 0. The Morgan fingerprint density at radius 3 is 2.78 bits per heavy atom. The van der Waals surface area contributed by atoms with Crippen LogP contribution in [0.3, 0.4) is 0 Å². The molecule has 1 nitrogen and oxygen atoms in total. The van der Waals surface area contributed by atoms with Gasteiger partial charge in [0.2, 0.25) is 0 Å². The lowest BCUT2D eigenvalue weighted by Gasteiger charge is -1.96. The second kappa shape index (κ2) is 5.29. The maximum absolute atomic E-state index is 3.82. The topological polar surface area (TPSA) is 12.4 Å². The van der Waals surface area contributed by atoms with E-state index in [0.29, 0.717) is 6.04 Å². The molecule has 50 valence electrons. The molecule has 9 heavy (non-hydrogen) atoms. The number of rotatable bonds is 4. The van der Waals surface area contributed by atoms with Crippen LogP contribution in [0.15, 0.2) is 29.8 Å². The minimum absolute atomic E-state index is 0.334. The van der Waals surface area contributed by atoms with Gasteiger partial charge in [-0.3, -0.25) is 4.99 Å². The standard InChI is InChI=1S/C8H13N/c1-4-5-6-7-8(2)9-3/h4-6,8H,1,3,7H2,2H3. The Bertz CT molecular complexity index is 114. The van der Waals surface area contributed by atoms with Crippen molar-refractivity contribution in [2.24, 2.45) is 4.99 Å². The zero-order chi connectivity index (χ0) is 7.11. The van der Waals surface area contributed by atoms with Gasteiger partial charge in [-0.15, -0.1) is 0 Å². The maximum atomic E-state index is 3.82. The van der Waals surface area contributed by atoms with E-state index in [-0.39, 0.29) is 0 Å². The Balaban J connectivity index is 3.36. The van der Waals surface area contributed by atoms with Crippen molar-refractivity contribution in [2.75, 3.05) is 0 Å². The van der Waals surface area contributed by atoms with E-state index in [2.05, 4.69) is 18.3 Å².